The number of carbonyl (C=O) groups is 1. The van der Waals surface area contributed by atoms with Crippen LogP contribution in [0.2, 0.25) is 5.02 Å². The predicted molar refractivity (Wildman–Crippen MR) is 72.2 cm³/mol. The lowest BCUT2D eigenvalue weighted by Gasteiger charge is -2.17. The molecule has 3 N–H and O–H groups in total. The second-order valence-corrected chi connectivity index (χ2v) is 5.62. The van der Waals surface area contributed by atoms with Gasteiger partial charge in [-0.1, -0.05) is 27.5 Å². The Morgan fingerprint density at radius 3 is 2.82 bits per heavy atom. The summed E-state index contributed by atoms with van der Waals surface area (Å²) in [7, 11) is 0. The lowest BCUT2D eigenvalue weighted by Crippen LogP contribution is -2.44. The van der Waals surface area contributed by atoms with Gasteiger partial charge in [0.2, 0.25) is 0 Å². The lowest BCUT2D eigenvalue weighted by atomic mass is 10.1. The van der Waals surface area contributed by atoms with Crippen molar-refractivity contribution >= 4 is 33.4 Å². The van der Waals surface area contributed by atoms with E-state index in [1.165, 1.54) is 0 Å². The summed E-state index contributed by atoms with van der Waals surface area (Å²) in [6, 6.07) is 5.36. The van der Waals surface area contributed by atoms with Crippen LogP contribution in [-0.2, 0) is 0 Å². The molecule has 1 aliphatic rings. The van der Waals surface area contributed by atoms with Gasteiger partial charge in [0.25, 0.3) is 5.91 Å². The number of amides is 1. The Labute approximate surface area is 114 Å². The van der Waals surface area contributed by atoms with E-state index in [2.05, 4.69) is 21.2 Å². The minimum absolute atomic E-state index is 0.0631. The van der Waals surface area contributed by atoms with Crippen molar-refractivity contribution in [1.82, 2.24) is 5.32 Å². The monoisotopic (exact) mass is 316 g/mol. The average Bonchev–Trinajstić information content (AvgIpc) is 2.64. The molecule has 0 bridgehead atoms. The van der Waals surface area contributed by atoms with Crippen LogP contribution in [0.15, 0.2) is 22.7 Å². The molecule has 1 saturated carbocycles. The standard InChI is InChI=1S/C12H14BrClN2O/c13-7-4-5-8(9(14)6-7)12(17)16-11-3-1-2-10(11)15/h4-6,10-11H,1-3,15H2,(H,16,17). The van der Waals surface area contributed by atoms with Gasteiger partial charge in [-0.2, -0.15) is 0 Å². The number of nitrogens with two attached hydrogens (primary N) is 1. The van der Waals surface area contributed by atoms with Gasteiger partial charge in [-0.25, -0.2) is 0 Å². The van der Waals surface area contributed by atoms with Gasteiger partial charge in [0.05, 0.1) is 10.6 Å². The summed E-state index contributed by atoms with van der Waals surface area (Å²) >= 11 is 9.33. The molecule has 0 aliphatic heterocycles. The molecule has 2 unspecified atom stereocenters. The van der Waals surface area contributed by atoms with Crippen molar-refractivity contribution in [3.8, 4) is 0 Å². The highest BCUT2D eigenvalue weighted by molar-refractivity contribution is 9.10. The van der Waals surface area contributed by atoms with Crippen LogP contribution in [-0.4, -0.2) is 18.0 Å². The zero-order chi connectivity index (χ0) is 12.4. The minimum Gasteiger partial charge on any atom is -0.348 e. The van der Waals surface area contributed by atoms with Gasteiger partial charge in [-0.3, -0.25) is 4.79 Å². The second kappa shape index (κ2) is 5.38. The van der Waals surface area contributed by atoms with Crippen molar-refractivity contribution in [1.29, 1.82) is 0 Å². The van der Waals surface area contributed by atoms with Crippen LogP contribution in [0.5, 0.6) is 0 Å². The number of carbonyl (C=O) groups excluding carboxylic acids is 1. The molecule has 17 heavy (non-hydrogen) atoms. The minimum atomic E-state index is -0.148. The van der Waals surface area contributed by atoms with Crippen molar-refractivity contribution in [3.63, 3.8) is 0 Å². The van der Waals surface area contributed by atoms with Crippen molar-refractivity contribution < 1.29 is 4.79 Å². The number of rotatable bonds is 2. The molecule has 3 nitrogen and oxygen atoms in total. The summed E-state index contributed by atoms with van der Waals surface area (Å²) in [5.74, 6) is -0.148. The van der Waals surface area contributed by atoms with Gasteiger partial charge in [0.1, 0.15) is 0 Å². The first-order valence-electron chi connectivity index (χ1n) is 5.59. The number of nitrogens with one attached hydrogen (secondary N) is 1. The van der Waals surface area contributed by atoms with E-state index in [-0.39, 0.29) is 18.0 Å². The first-order chi connectivity index (χ1) is 8.08. The highest BCUT2D eigenvalue weighted by Crippen LogP contribution is 2.22. The molecule has 92 valence electrons. The Kier molecular flexibility index (Phi) is 4.07. The third kappa shape index (κ3) is 3.00. The van der Waals surface area contributed by atoms with Crippen LogP contribution in [0.3, 0.4) is 0 Å². The van der Waals surface area contributed by atoms with Crippen LogP contribution in [0.4, 0.5) is 0 Å². The van der Waals surface area contributed by atoms with E-state index < -0.39 is 0 Å². The van der Waals surface area contributed by atoms with Crippen molar-refractivity contribution in [3.05, 3.63) is 33.3 Å². The van der Waals surface area contributed by atoms with Crippen LogP contribution in [0.25, 0.3) is 0 Å². The van der Waals surface area contributed by atoms with E-state index in [4.69, 9.17) is 17.3 Å². The lowest BCUT2D eigenvalue weighted by molar-refractivity contribution is 0.0935. The average molecular weight is 318 g/mol. The molecule has 0 radical (unpaired) electrons. The topological polar surface area (TPSA) is 55.1 Å². The van der Waals surface area contributed by atoms with E-state index in [1.54, 1.807) is 18.2 Å². The van der Waals surface area contributed by atoms with Crippen molar-refractivity contribution in [2.24, 2.45) is 5.73 Å². The summed E-state index contributed by atoms with van der Waals surface area (Å²) < 4.78 is 0.858. The maximum atomic E-state index is 12.0. The fourth-order valence-electron chi connectivity index (χ4n) is 2.09. The number of hydrogen-bond acceptors (Lipinski definition) is 2. The molecular formula is C12H14BrClN2O. The third-order valence-corrected chi connectivity index (χ3v) is 3.87. The predicted octanol–water partition coefficient (Wildman–Crippen LogP) is 2.71. The first kappa shape index (κ1) is 12.9. The Morgan fingerprint density at radius 2 is 2.24 bits per heavy atom. The molecule has 0 heterocycles. The molecule has 0 aromatic heterocycles. The summed E-state index contributed by atoms with van der Waals surface area (Å²) in [6.45, 7) is 0. The Hall–Kier alpha value is -0.580. The van der Waals surface area contributed by atoms with E-state index in [0.29, 0.717) is 10.6 Å². The summed E-state index contributed by atoms with van der Waals surface area (Å²) in [5, 5.41) is 3.39. The number of hydrogen-bond donors (Lipinski definition) is 2. The second-order valence-electron chi connectivity index (χ2n) is 4.30. The molecule has 1 fully saturated rings. The van der Waals surface area contributed by atoms with Gasteiger partial charge >= 0.3 is 0 Å². The molecule has 1 aromatic carbocycles. The summed E-state index contributed by atoms with van der Waals surface area (Å²) in [5.41, 5.74) is 6.41. The largest absolute Gasteiger partial charge is 0.348 e. The highest BCUT2D eigenvalue weighted by Gasteiger charge is 2.26. The van der Waals surface area contributed by atoms with Crippen LogP contribution in [0, 0.1) is 0 Å². The maximum absolute atomic E-state index is 12.0. The van der Waals surface area contributed by atoms with Crippen LogP contribution < -0.4 is 11.1 Å². The molecule has 1 amide bonds. The fraction of sp³-hybridized carbons (Fsp3) is 0.417. The van der Waals surface area contributed by atoms with Crippen molar-refractivity contribution in [2.45, 2.75) is 31.3 Å². The van der Waals surface area contributed by atoms with E-state index >= 15 is 0 Å². The Bertz CT molecular complexity index is 439. The molecular weight excluding hydrogens is 304 g/mol. The Balaban J connectivity index is 2.09. The van der Waals surface area contributed by atoms with E-state index in [9.17, 15) is 4.79 Å². The zero-order valence-electron chi connectivity index (χ0n) is 9.25. The van der Waals surface area contributed by atoms with Gasteiger partial charge in [-0.05, 0) is 37.5 Å². The molecule has 1 aromatic rings. The maximum Gasteiger partial charge on any atom is 0.253 e. The summed E-state index contributed by atoms with van der Waals surface area (Å²) in [6.07, 6.45) is 2.99. The highest BCUT2D eigenvalue weighted by atomic mass is 79.9. The Morgan fingerprint density at radius 1 is 1.47 bits per heavy atom. The fourth-order valence-corrected chi connectivity index (χ4v) is 2.85. The molecule has 0 spiro atoms. The van der Waals surface area contributed by atoms with Gasteiger partial charge in [0.15, 0.2) is 0 Å². The SMILES string of the molecule is NC1CCCC1NC(=O)c1ccc(Br)cc1Cl. The molecule has 1 aliphatic carbocycles. The van der Waals surface area contributed by atoms with Crippen LogP contribution in [0.1, 0.15) is 29.6 Å². The molecule has 2 atom stereocenters. The summed E-state index contributed by atoms with van der Waals surface area (Å²) in [4.78, 5) is 12.0. The van der Waals surface area contributed by atoms with Crippen LogP contribution >= 0.6 is 27.5 Å². The smallest absolute Gasteiger partial charge is 0.253 e. The van der Waals surface area contributed by atoms with E-state index in [1.807, 2.05) is 0 Å². The molecule has 0 saturated heterocycles. The molecule has 2 rings (SSSR count). The quantitative estimate of drug-likeness (QED) is 0.881. The van der Waals surface area contributed by atoms with E-state index in [0.717, 1.165) is 23.7 Å². The molecule has 5 heteroatoms. The van der Waals surface area contributed by atoms with Crippen molar-refractivity contribution in [2.75, 3.05) is 0 Å². The van der Waals surface area contributed by atoms with Gasteiger partial charge in [0, 0.05) is 16.6 Å². The third-order valence-electron chi connectivity index (χ3n) is 3.06. The number of halogens is 2. The zero-order valence-corrected chi connectivity index (χ0v) is 11.6. The number of benzene rings is 1. The van der Waals surface area contributed by atoms with Gasteiger partial charge in [-0.15, -0.1) is 0 Å². The van der Waals surface area contributed by atoms with Gasteiger partial charge < -0.3 is 11.1 Å². The normalized spacial score (nSPS) is 23.7. The first-order valence-corrected chi connectivity index (χ1v) is 6.76.